The van der Waals surface area contributed by atoms with E-state index in [9.17, 15) is 0 Å². The average Bonchev–Trinajstić information content (AvgIpc) is 3.03. The largest absolute Gasteiger partial charge is 0.253 e. The fourth-order valence-electron chi connectivity index (χ4n) is 2.20. The van der Waals surface area contributed by atoms with Crippen LogP contribution < -0.4 is 0 Å². The van der Waals surface area contributed by atoms with Crippen LogP contribution in [0.2, 0.25) is 0 Å². The lowest BCUT2D eigenvalue weighted by Gasteiger charge is -2.09. The van der Waals surface area contributed by atoms with E-state index in [2.05, 4.69) is 35.0 Å². The molecular weight excluding hydrogens is 272 g/mol. The highest BCUT2D eigenvalue weighted by molar-refractivity contribution is 5.87. The van der Waals surface area contributed by atoms with E-state index < -0.39 is 0 Å². The molecule has 0 atom stereocenters. The van der Waals surface area contributed by atoms with Crippen LogP contribution in [0.5, 0.6) is 0 Å². The van der Waals surface area contributed by atoms with E-state index in [-0.39, 0.29) is 0 Å². The smallest absolute Gasteiger partial charge is 0.155 e. The van der Waals surface area contributed by atoms with E-state index in [1.807, 2.05) is 51.2 Å². The SMILES string of the molecule is C/C(=C(\C)c1cccc(C)n1)c1ccc2ncnn2c1.CC. The third-order valence-corrected chi connectivity index (χ3v) is 3.54. The number of hydrogen-bond acceptors (Lipinski definition) is 3. The van der Waals surface area contributed by atoms with Crippen LogP contribution in [-0.4, -0.2) is 19.6 Å². The Kier molecular flexibility index (Phi) is 5.04. The highest BCUT2D eigenvalue weighted by Crippen LogP contribution is 2.24. The summed E-state index contributed by atoms with van der Waals surface area (Å²) in [5.41, 5.74) is 6.40. The lowest BCUT2D eigenvalue weighted by molar-refractivity contribution is 0.957. The van der Waals surface area contributed by atoms with E-state index in [0.29, 0.717) is 0 Å². The average molecular weight is 294 g/mol. The van der Waals surface area contributed by atoms with Crippen LogP contribution in [-0.2, 0) is 0 Å². The molecule has 0 amide bonds. The van der Waals surface area contributed by atoms with Gasteiger partial charge in [0.2, 0.25) is 0 Å². The van der Waals surface area contributed by atoms with Crippen LogP contribution in [0.15, 0.2) is 42.9 Å². The second-order valence-electron chi connectivity index (χ2n) is 4.89. The molecule has 0 aliphatic heterocycles. The molecule has 3 rings (SSSR count). The summed E-state index contributed by atoms with van der Waals surface area (Å²) in [5, 5.41) is 4.18. The van der Waals surface area contributed by atoms with Gasteiger partial charge in [0, 0.05) is 11.9 Å². The maximum absolute atomic E-state index is 4.58. The highest BCUT2D eigenvalue weighted by Gasteiger charge is 2.06. The van der Waals surface area contributed by atoms with Crippen molar-refractivity contribution in [2.75, 3.05) is 0 Å². The summed E-state index contributed by atoms with van der Waals surface area (Å²) in [4.78, 5) is 8.74. The van der Waals surface area contributed by atoms with Crippen molar-refractivity contribution in [3.8, 4) is 0 Å². The first kappa shape index (κ1) is 15.9. The Morgan fingerprint density at radius 2 is 1.77 bits per heavy atom. The predicted molar refractivity (Wildman–Crippen MR) is 91.5 cm³/mol. The van der Waals surface area contributed by atoms with Gasteiger partial charge in [-0.2, -0.15) is 5.10 Å². The highest BCUT2D eigenvalue weighted by atomic mass is 15.3. The van der Waals surface area contributed by atoms with Gasteiger partial charge < -0.3 is 0 Å². The Labute approximate surface area is 131 Å². The van der Waals surface area contributed by atoms with Crippen LogP contribution >= 0.6 is 0 Å². The Balaban J connectivity index is 0.000000847. The topological polar surface area (TPSA) is 43.1 Å². The van der Waals surface area contributed by atoms with Crippen molar-refractivity contribution in [2.24, 2.45) is 0 Å². The molecule has 3 heterocycles. The molecule has 3 aromatic heterocycles. The summed E-state index contributed by atoms with van der Waals surface area (Å²) >= 11 is 0. The minimum absolute atomic E-state index is 0.855. The van der Waals surface area contributed by atoms with Gasteiger partial charge >= 0.3 is 0 Å². The number of hydrogen-bond donors (Lipinski definition) is 0. The van der Waals surface area contributed by atoms with E-state index in [4.69, 9.17) is 0 Å². The van der Waals surface area contributed by atoms with Gasteiger partial charge in [-0.05, 0) is 61.7 Å². The molecule has 0 saturated heterocycles. The van der Waals surface area contributed by atoms with Crippen molar-refractivity contribution >= 4 is 16.8 Å². The number of nitrogens with zero attached hydrogens (tertiary/aromatic N) is 4. The maximum atomic E-state index is 4.58. The molecule has 0 radical (unpaired) electrons. The Morgan fingerprint density at radius 3 is 2.50 bits per heavy atom. The Morgan fingerprint density at radius 1 is 1.00 bits per heavy atom. The van der Waals surface area contributed by atoms with E-state index >= 15 is 0 Å². The van der Waals surface area contributed by atoms with Gasteiger partial charge in [0.05, 0.1) is 5.69 Å². The molecule has 4 nitrogen and oxygen atoms in total. The van der Waals surface area contributed by atoms with E-state index in [1.165, 1.54) is 11.1 Å². The molecule has 114 valence electrons. The second-order valence-corrected chi connectivity index (χ2v) is 4.89. The zero-order valence-electron chi connectivity index (χ0n) is 13.8. The fraction of sp³-hybridized carbons (Fsp3) is 0.278. The lowest BCUT2D eigenvalue weighted by atomic mass is 10.0. The molecule has 0 bridgehead atoms. The lowest BCUT2D eigenvalue weighted by Crippen LogP contribution is -1.94. The third kappa shape index (κ3) is 3.22. The molecule has 0 aromatic carbocycles. The molecule has 22 heavy (non-hydrogen) atoms. The van der Waals surface area contributed by atoms with Crippen LogP contribution in [0.4, 0.5) is 0 Å². The van der Waals surface area contributed by atoms with Crippen molar-refractivity contribution in [3.05, 3.63) is 59.8 Å². The van der Waals surface area contributed by atoms with Crippen molar-refractivity contribution < 1.29 is 0 Å². The number of aromatic nitrogens is 4. The quantitative estimate of drug-likeness (QED) is 0.703. The minimum atomic E-state index is 0.855. The molecule has 0 N–H and O–H groups in total. The molecule has 3 aromatic rings. The summed E-state index contributed by atoms with van der Waals surface area (Å²) in [6.07, 6.45) is 3.56. The molecular formula is C18H22N4. The summed E-state index contributed by atoms with van der Waals surface area (Å²) in [6.45, 7) is 10.2. The fourth-order valence-corrected chi connectivity index (χ4v) is 2.20. The third-order valence-electron chi connectivity index (χ3n) is 3.54. The molecule has 0 fully saturated rings. The van der Waals surface area contributed by atoms with Crippen molar-refractivity contribution in [1.82, 2.24) is 19.6 Å². The van der Waals surface area contributed by atoms with Gasteiger partial charge in [0.25, 0.3) is 0 Å². The number of fused-ring (bicyclic) bond motifs is 1. The normalized spacial score (nSPS) is 11.7. The molecule has 0 saturated carbocycles. The van der Waals surface area contributed by atoms with Gasteiger partial charge in [0.1, 0.15) is 6.33 Å². The summed E-state index contributed by atoms with van der Waals surface area (Å²) in [7, 11) is 0. The van der Waals surface area contributed by atoms with Crippen LogP contribution in [0.3, 0.4) is 0 Å². The number of rotatable bonds is 2. The van der Waals surface area contributed by atoms with Gasteiger partial charge in [-0.15, -0.1) is 0 Å². The summed E-state index contributed by atoms with van der Waals surface area (Å²) in [6, 6.07) is 10.1. The van der Waals surface area contributed by atoms with Crippen molar-refractivity contribution in [3.63, 3.8) is 0 Å². The molecule has 0 aliphatic carbocycles. The molecule has 4 heteroatoms. The van der Waals surface area contributed by atoms with Gasteiger partial charge in [-0.25, -0.2) is 9.50 Å². The van der Waals surface area contributed by atoms with E-state index in [0.717, 1.165) is 22.6 Å². The summed E-state index contributed by atoms with van der Waals surface area (Å²) in [5.74, 6) is 0. The Bertz CT molecular complexity index is 799. The molecule has 0 aliphatic rings. The number of pyridine rings is 2. The maximum Gasteiger partial charge on any atom is 0.155 e. The van der Waals surface area contributed by atoms with Crippen LogP contribution in [0, 0.1) is 6.92 Å². The van der Waals surface area contributed by atoms with Crippen molar-refractivity contribution in [2.45, 2.75) is 34.6 Å². The molecule has 0 spiro atoms. The van der Waals surface area contributed by atoms with E-state index in [1.54, 1.807) is 10.8 Å². The first-order chi connectivity index (χ1) is 10.6. The predicted octanol–water partition coefficient (Wildman–Crippen LogP) is 4.41. The molecule has 0 unspecified atom stereocenters. The zero-order valence-corrected chi connectivity index (χ0v) is 13.8. The first-order valence-electron chi connectivity index (χ1n) is 7.56. The standard InChI is InChI=1S/C16H16N4.C2H6/c1-11-5-4-6-15(19-11)13(3)12(2)14-7-8-16-17-10-18-20(16)9-14;1-2/h4-10H,1-3H3;1-2H3/b13-12-;. The van der Waals surface area contributed by atoms with Crippen molar-refractivity contribution in [1.29, 1.82) is 0 Å². The summed E-state index contributed by atoms with van der Waals surface area (Å²) < 4.78 is 1.79. The van der Waals surface area contributed by atoms with Gasteiger partial charge in [0.15, 0.2) is 5.65 Å². The number of allylic oxidation sites excluding steroid dienone is 2. The first-order valence-corrected chi connectivity index (χ1v) is 7.56. The second kappa shape index (κ2) is 6.98. The van der Waals surface area contributed by atoms with Gasteiger partial charge in [-0.1, -0.05) is 19.9 Å². The zero-order chi connectivity index (χ0) is 16.1. The van der Waals surface area contributed by atoms with Crippen LogP contribution in [0.25, 0.3) is 16.8 Å². The van der Waals surface area contributed by atoms with Gasteiger partial charge in [-0.3, -0.25) is 4.98 Å². The van der Waals surface area contributed by atoms with Crippen LogP contribution in [0.1, 0.15) is 44.6 Å². The number of aryl methyl sites for hydroxylation is 1. The monoisotopic (exact) mass is 294 g/mol. The Hall–Kier alpha value is -2.49. The minimum Gasteiger partial charge on any atom is -0.253 e.